The molecule has 0 spiro atoms. The van der Waals surface area contributed by atoms with Gasteiger partial charge in [-0.1, -0.05) is 6.07 Å². The highest BCUT2D eigenvalue weighted by Gasteiger charge is 2.27. The van der Waals surface area contributed by atoms with E-state index in [1.165, 1.54) is 5.56 Å². The summed E-state index contributed by atoms with van der Waals surface area (Å²) in [6.07, 6.45) is 0.165. The Morgan fingerprint density at radius 2 is 2.26 bits per heavy atom. The van der Waals surface area contributed by atoms with E-state index in [0.717, 1.165) is 6.42 Å². The highest BCUT2D eigenvalue weighted by atomic mass is 32.1. The molecular weight excluding hydrogens is 312 g/mol. The van der Waals surface area contributed by atoms with Gasteiger partial charge in [-0.05, 0) is 54.8 Å². The molecule has 3 rings (SSSR count). The zero-order valence-electron chi connectivity index (χ0n) is 13.0. The standard InChI is InChI=1S/C17H18N2O3S/c1-10(8-12-6-7-23-9-12)18-17(21)13-4-3-5-14-15(13)22-11(2)16(20)19-14/h3-7,9-11H,8H2,1-2H3,(H,18,21)(H,19,20)/t10-,11+/m1/s1. The maximum atomic E-state index is 12.5. The van der Waals surface area contributed by atoms with Crippen molar-refractivity contribution in [2.24, 2.45) is 0 Å². The normalized spacial score (nSPS) is 17.7. The maximum Gasteiger partial charge on any atom is 0.265 e. The highest BCUT2D eigenvalue weighted by Crippen LogP contribution is 2.33. The number of carbonyl (C=O) groups excluding carboxylic acids is 2. The molecule has 0 fully saturated rings. The number of hydrogen-bond acceptors (Lipinski definition) is 4. The summed E-state index contributed by atoms with van der Waals surface area (Å²) in [7, 11) is 0. The Kier molecular flexibility index (Phi) is 4.34. The van der Waals surface area contributed by atoms with Gasteiger partial charge in [0, 0.05) is 6.04 Å². The number of ether oxygens (including phenoxy) is 1. The Morgan fingerprint density at radius 3 is 3.00 bits per heavy atom. The van der Waals surface area contributed by atoms with Crippen molar-refractivity contribution >= 4 is 28.8 Å². The first kappa shape index (κ1) is 15.6. The lowest BCUT2D eigenvalue weighted by Gasteiger charge is -2.25. The molecule has 1 aromatic carbocycles. The molecule has 6 heteroatoms. The molecule has 120 valence electrons. The van der Waals surface area contributed by atoms with E-state index in [1.807, 2.05) is 12.3 Å². The van der Waals surface area contributed by atoms with E-state index >= 15 is 0 Å². The molecule has 0 unspecified atom stereocenters. The molecule has 0 saturated carbocycles. The first-order valence-corrected chi connectivity index (χ1v) is 8.41. The van der Waals surface area contributed by atoms with Crippen LogP contribution in [-0.4, -0.2) is 24.0 Å². The monoisotopic (exact) mass is 330 g/mol. The van der Waals surface area contributed by atoms with E-state index in [1.54, 1.807) is 36.5 Å². The molecule has 1 aliphatic heterocycles. The average molecular weight is 330 g/mol. The molecule has 2 atom stereocenters. The molecule has 1 aromatic heterocycles. The largest absolute Gasteiger partial charge is 0.478 e. The molecule has 23 heavy (non-hydrogen) atoms. The zero-order valence-corrected chi connectivity index (χ0v) is 13.8. The van der Waals surface area contributed by atoms with Gasteiger partial charge in [0.1, 0.15) is 0 Å². The first-order valence-electron chi connectivity index (χ1n) is 7.47. The minimum Gasteiger partial charge on any atom is -0.478 e. The second kappa shape index (κ2) is 6.42. The quantitative estimate of drug-likeness (QED) is 0.906. The van der Waals surface area contributed by atoms with E-state index in [2.05, 4.69) is 22.1 Å². The number of amides is 2. The van der Waals surface area contributed by atoms with Gasteiger partial charge in [-0.15, -0.1) is 0 Å². The summed E-state index contributed by atoms with van der Waals surface area (Å²) >= 11 is 1.64. The fourth-order valence-electron chi connectivity index (χ4n) is 2.52. The van der Waals surface area contributed by atoms with Crippen molar-refractivity contribution in [2.45, 2.75) is 32.4 Å². The summed E-state index contributed by atoms with van der Waals surface area (Å²) in [4.78, 5) is 24.2. The van der Waals surface area contributed by atoms with E-state index in [-0.39, 0.29) is 17.9 Å². The van der Waals surface area contributed by atoms with E-state index in [4.69, 9.17) is 4.74 Å². The highest BCUT2D eigenvalue weighted by molar-refractivity contribution is 7.07. The van der Waals surface area contributed by atoms with Crippen LogP contribution in [0.2, 0.25) is 0 Å². The predicted molar refractivity (Wildman–Crippen MR) is 90.1 cm³/mol. The van der Waals surface area contributed by atoms with Gasteiger partial charge < -0.3 is 15.4 Å². The average Bonchev–Trinajstić information content (AvgIpc) is 3.00. The van der Waals surface area contributed by atoms with Crippen molar-refractivity contribution in [3.63, 3.8) is 0 Å². The summed E-state index contributed by atoms with van der Waals surface area (Å²) in [5.74, 6) is 0.0219. The lowest BCUT2D eigenvalue weighted by Crippen LogP contribution is -2.37. The minimum absolute atomic E-state index is 0.00330. The molecular formula is C17H18N2O3S. The van der Waals surface area contributed by atoms with Crippen LogP contribution in [0, 0.1) is 0 Å². The van der Waals surface area contributed by atoms with Crippen molar-refractivity contribution in [1.29, 1.82) is 0 Å². The van der Waals surface area contributed by atoms with Crippen molar-refractivity contribution in [3.05, 3.63) is 46.2 Å². The van der Waals surface area contributed by atoms with Crippen LogP contribution >= 0.6 is 11.3 Å². The van der Waals surface area contributed by atoms with Crippen LogP contribution in [0.5, 0.6) is 5.75 Å². The van der Waals surface area contributed by atoms with Crippen molar-refractivity contribution in [3.8, 4) is 5.75 Å². The molecule has 0 bridgehead atoms. The number of anilines is 1. The molecule has 5 nitrogen and oxygen atoms in total. The number of para-hydroxylation sites is 1. The fourth-order valence-corrected chi connectivity index (χ4v) is 3.20. The Labute approximate surface area is 138 Å². The van der Waals surface area contributed by atoms with Gasteiger partial charge in [0.25, 0.3) is 11.8 Å². The fraction of sp³-hybridized carbons (Fsp3) is 0.294. The zero-order chi connectivity index (χ0) is 16.4. The summed E-state index contributed by atoms with van der Waals surface area (Å²) in [6.45, 7) is 3.63. The SMILES string of the molecule is C[C@H](Cc1ccsc1)NC(=O)c1cccc2c1O[C@@H](C)C(=O)N2. The summed E-state index contributed by atoms with van der Waals surface area (Å²) in [5, 5.41) is 9.84. The van der Waals surface area contributed by atoms with Gasteiger partial charge in [0.15, 0.2) is 11.9 Å². The lowest BCUT2D eigenvalue weighted by molar-refractivity contribution is -0.122. The van der Waals surface area contributed by atoms with Crippen LogP contribution in [0.25, 0.3) is 0 Å². The molecule has 0 aliphatic carbocycles. The summed E-state index contributed by atoms with van der Waals surface area (Å²) < 4.78 is 5.61. The first-order chi connectivity index (χ1) is 11.0. The molecule has 0 saturated heterocycles. The molecule has 2 aromatic rings. The number of nitrogens with one attached hydrogen (secondary N) is 2. The van der Waals surface area contributed by atoms with Crippen LogP contribution < -0.4 is 15.4 Å². The van der Waals surface area contributed by atoms with Gasteiger partial charge >= 0.3 is 0 Å². The van der Waals surface area contributed by atoms with Crippen molar-refractivity contribution < 1.29 is 14.3 Å². The number of hydrogen-bond donors (Lipinski definition) is 2. The van der Waals surface area contributed by atoms with Crippen LogP contribution in [0.1, 0.15) is 29.8 Å². The topological polar surface area (TPSA) is 67.4 Å². The van der Waals surface area contributed by atoms with Gasteiger partial charge in [-0.3, -0.25) is 9.59 Å². The van der Waals surface area contributed by atoms with E-state index in [9.17, 15) is 9.59 Å². The number of thiophene rings is 1. The predicted octanol–water partition coefficient (Wildman–Crippen LogP) is 2.83. The van der Waals surface area contributed by atoms with Gasteiger partial charge in [0.05, 0.1) is 11.3 Å². The molecule has 0 radical (unpaired) electrons. The summed E-state index contributed by atoms with van der Waals surface area (Å²) in [6, 6.07) is 7.22. The van der Waals surface area contributed by atoms with Gasteiger partial charge in [-0.25, -0.2) is 0 Å². The second-order valence-corrected chi connectivity index (χ2v) is 6.42. The third-order valence-electron chi connectivity index (χ3n) is 3.68. The van der Waals surface area contributed by atoms with Crippen LogP contribution in [-0.2, 0) is 11.2 Å². The number of rotatable bonds is 4. The second-order valence-electron chi connectivity index (χ2n) is 5.64. The Bertz CT molecular complexity index is 727. The third-order valence-corrected chi connectivity index (χ3v) is 4.41. The molecule has 2 N–H and O–H groups in total. The lowest BCUT2D eigenvalue weighted by atomic mass is 10.1. The van der Waals surface area contributed by atoms with E-state index < -0.39 is 6.10 Å². The van der Waals surface area contributed by atoms with E-state index in [0.29, 0.717) is 17.0 Å². The van der Waals surface area contributed by atoms with Gasteiger partial charge in [-0.2, -0.15) is 11.3 Å². The Balaban J connectivity index is 1.75. The number of carbonyl (C=O) groups is 2. The summed E-state index contributed by atoms with van der Waals surface area (Å²) in [5.41, 5.74) is 2.17. The Hall–Kier alpha value is -2.34. The smallest absolute Gasteiger partial charge is 0.265 e. The molecule has 2 heterocycles. The van der Waals surface area contributed by atoms with Crippen molar-refractivity contribution in [2.75, 3.05) is 5.32 Å². The molecule has 1 aliphatic rings. The van der Waals surface area contributed by atoms with Gasteiger partial charge in [0.2, 0.25) is 0 Å². The maximum absolute atomic E-state index is 12.5. The van der Waals surface area contributed by atoms with Crippen LogP contribution in [0.4, 0.5) is 5.69 Å². The van der Waals surface area contributed by atoms with Crippen LogP contribution in [0.15, 0.2) is 35.0 Å². The third kappa shape index (κ3) is 3.37. The number of fused-ring (bicyclic) bond motifs is 1. The van der Waals surface area contributed by atoms with Crippen LogP contribution in [0.3, 0.4) is 0 Å². The minimum atomic E-state index is -0.611. The Morgan fingerprint density at radius 1 is 1.43 bits per heavy atom. The van der Waals surface area contributed by atoms with Crippen molar-refractivity contribution in [1.82, 2.24) is 5.32 Å². The molecule has 2 amide bonds. The number of benzene rings is 1.